The monoisotopic (exact) mass is 411 g/mol. The molecular formula is C17H25Cl2F2N3O2. The van der Waals surface area contributed by atoms with Gasteiger partial charge in [-0.3, -0.25) is 15.0 Å². The Morgan fingerprint density at radius 2 is 1.81 bits per heavy atom. The van der Waals surface area contributed by atoms with Crippen LogP contribution in [0.2, 0.25) is 0 Å². The van der Waals surface area contributed by atoms with Crippen molar-refractivity contribution in [2.45, 2.75) is 24.5 Å². The number of amides is 1. The number of aliphatic hydroxyl groups is 1. The largest absolute Gasteiger partial charge is 0.387 e. The van der Waals surface area contributed by atoms with E-state index in [4.69, 9.17) is 0 Å². The van der Waals surface area contributed by atoms with Crippen LogP contribution in [0, 0.1) is 0 Å². The number of piperazine rings is 1. The van der Waals surface area contributed by atoms with E-state index in [9.17, 15) is 18.7 Å². The predicted molar refractivity (Wildman–Crippen MR) is 100 cm³/mol. The molecule has 1 aromatic carbocycles. The minimum atomic E-state index is -2.79. The molecule has 0 aromatic heterocycles. The summed E-state index contributed by atoms with van der Waals surface area (Å²) in [6.07, 6.45) is -0.984. The number of nitrogens with one attached hydrogen (secondary N) is 1. The molecule has 2 fully saturated rings. The summed E-state index contributed by atoms with van der Waals surface area (Å²) in [6, 6.07) is 8.67. The average Bonchev–Trinajstić information content (AvgIpc) is 2.95. The third kappa shape index (κ3) is 5.76. The number of carbonyl (C=O) groups is 1. The second kappa shape index (κ2) is 9.80. The van der Waals surface area contributed by atoms with Crippen molar-refractivity contribution >= 4 is 30.7 Å². The highest BCUT2D eigenvalue weighted by molar-refractivity contribution is 5.85. The minimum absolute atomic E-state index is 0. The molecule has 0 bridgehead atoms. The number of halogens is 4. The Morgan fingerprint density at radius 1 is 1.19 bits per heavy atom. The van der Waals surface area contributed by atoms with Crippen LogP contribution in [0.3, 0.4) is 0 Å². The first-order valence-corrected chi connectivity index (χ1v) is 8.30. The van der Waals surface area contributed by atoms with Crippen LogP contribution in [0.1, 0.15) is 18.1 Å². The van der Waals surface area contributed by atoms with Crippen LogP contribution < -0.4 is 5.32 Å². The van der Waals surface area contributed by atoms with Crippen molar-refractivity contribution in [3.63, 3.8) is 0 Å². The highest BCUT2D eigenvalue weighted by Crippen LogP contribution is 2.26. The molecule has 0 aliphatic carbocycles. The Balaban J connectivity index is 0.00000169. The molecule has 26 heavy (non-hydrogen) atoms. The fourth-order valence-corrected chi connectivity index (χ4v) is 3.29. The predicted octanol–water partition coefficient (Wildman–Crippen LogP) is 1.70. The summed E-state index contributed by atoms with van der Waals surface area (Å²) in [7, 11) is 0. The van der Waals surface area contributed by atoms with Crippen LogP contribution in [0.15, 0.2) is 30.3 Å². The van der Waals surface area contributed by atoms with Crippen LogP contribution in [0.5, 0.6) is 0 Å². The van der Waals surface area contributed by atoms with Gasteiger partial charge in [-0.05, 0) is 5.56 Å². The lowest BCUT2D eigenvalue weighted by Gasteiger charge is -2.36. The van der Waals surface area contributed by atoms with Crippen LogP contribution in [0.25, 0.3) is 0 Å². The van der Waals surface area contributed by atoms with Crippen LogP contribution in [-0.4, -0.2) is 72.0 Å². The quantitative estimate of drug-likeness (QED) is 0.791. The maximum absolute atomic E-state index is 13.2. The number of carbonyl (C=O) groups excluding carboxylic acids is 1. The van der Waals surface area contributed by atoms with Crippen molar-refractivity contribution in [3.8, 4) is 0 Å². The molecule has 2 N–H and O–H groups in total. The first-order chi connectivity index (χ1) is 11.4. The average molecular weight is 412 g/mol. The Kier molecular flexibility index (Phi) is 8.69. The molecule has 2 saturated heterocycles. The molecule has 3 rings (SSSR count). The van der Waals surface area contributed by atoms with Gasteiger partial charge < -0.3 is 10.0 Å². The molecule has 2 atom stereocenters. The molecule has 2 heterocycles. The lowest BCUT2D eigenvalue weighted by Crippen LogP contribution is -2.53. The van der Waals surface area contributed by atoms with Crippen molar-refractivity contribution < 1.29 is 18.7 Å². The minimum Gasteiger partial charge on any atom is -0.387 e. The molecule has 1 aromatic rings. The van der Waals surface area contributed by atoms with E-state index in [0.29, 0.717) is 32.7 Å². The molecule has 1 amide bonds. The number of rotatable bonds is 4. The number of hydrogen-bond donors (Lipinski definition) is 2. The Hall–Kier alpha value is -0.990. The summed E-state index contributed by atoms with van der Waals surface area (Å²) < 4.78 is 26.4. The number of hydrogen-bond acceptors (Lipinski definition) is 4. The molecule has 9 heteroatoms. The highest BCUT2D eigenvalue weighted by atomic mass is 35.5. The van der Waals surface area contributed by atoms with Gasteiger partial charge in [-0.1, -0.05) is 30.3 Å². The maximum Gasteiger partial charge on any atom is 0.262 e. The van der Waals surface area contributed by atoms with Crippen LogP contribution in [0.4, 0.5) is 8.78 Å². The standard InChI is InChI=1S/C17H23F2N3O2.2ClH/c18-17(19)10-14(20-12-17)16(24)22-8-6-21(7-9-22)11-15(23)13-4-2-1-3-5-13;;/h1-5,14-15,20,23H,6-12H2;2*1H. The van der Waals surface area contributed by atoms with Gasteiger partial charge in [-0.15, -0.1) is 24.8 Å². The van der Waals surface area contributed by atoms with Crippen LogP contribution in [-0.2, 0) is 4.79 Å². The third-order valence-corrected chi connectivity index (χ3v) is 4.71. The SMILES string of the molecule is Cl.Cl.O=C(C1CC(F)(F)CN1)N1CCN(CC(O)c2ccccc2)CC1. The Morgan fingerprint density at radius 3 is 2.35 bits per heavy atom. The van der Waals surface area contributed by atoms with E-state index in [1.165, 1.54) is 0 Å². The van der Waals surface area contributed by atoms with E-state index in [-0.39, 0.29) is 30.7 Å². The lowest BCUT2D eigenvalue weighted by molar-refractivity contribution is -0.135. The molecule has 0 spiro atoms. The van der Waals surface area contributed by atoms with Gasteiger partial charge in [0, 0.05) is 39.1 Å². The van der Waals surface area contributed by atoms with Gasteiger partial charge in [0.25, 0.3) is 5.92 Å². The molecular weight excluding hydrogens is 387 g/mol. The van der Waals surface area contributed by atoms with Crippen molar-refractivity contribution in [1.29, 1.82) is 0 Å². The van der Waals surface area contributed by atoms with Gasteiger partial charge in [0.05, 0.1) is 18.7 Å². The fourth-order valence-electron chi connectivity index (χ4n) is 3.29. The molecule has 2 aliphatic rings. The van der Waals surface area contributed by atoms with E-state index >= 15 is 0 Å². The maximum atomic E-state index is 13.2. The van der Waals surface area contributed by atoms with E-state index < -0.39 is 31.0 Å². The highest BCUT2D eigenvalue weighted by Gasteiger charge is 2.43. The van der Waals surface area contributed by atoms with Gasteiger partial charge in [0.15, 0.2) is 0 Å². The summed E-state index contributed by atoms with van der Waals surface area (Å²) in [4.78, 5) is 16.0. The lowest BCUT2D eigenvalue weighted by atomic mass is 10.1. The van der Waals surface area contributed by atoms with Gasteiger partial charge in [-0.2, -0.15) is 0 Å². The topological polar surface area (TPSA) is 55.8 Å². The second-order valence-corrected chi connectivity index (χ2v) is 6.55. The summed E-state index contributed by atoms with van der Waals surface area (Å²) in [6.45, 7) is 2.37. The van der Waals surface area contributed by atoms with E-state index in [1.807, 2.05) is 30.3 Å². The zero-order valence-electron chi connectivity index (χ0n) is 14.3. The molecule has 0 radical (unpaired) electrons. The number of nitrogens with zero attached hydrogens (tertiary/aromatic N) is 2. The van der Waals surface area contributed by atoms with Gasteiger partial charge in [0.1, 0.15) is 0 Å². The molecule has 0 saturated carbocycles. The number of aliphatic hydroxyl groups excluding tert-OH is 1. The first kappa shape index (κ1) is 23.0. The van der Waals surface area contributed by atoms with E-state index in [0.717, 1.165) is 5.56 Å². The molecule has 148 valence electrons. The zero-order chi connectivity index (χ0) is 17.2. The summed E-state index contributed by atoms with van der Waals surface area (Å²) in [5.74, 6) is -3.03. The van der Waals surface area contributed by atoms with Crippen molar-refractivity contribution in [3.05, 3.63) is 35.9 Å². The van der Waals surface area contributed by atoms with Gasteiger partial charge in [0.2, 0.25) is 5.91 Å². The number of alkyl halides is 2. The van der Waals surface area contributed by atoms with Crippen molar-refractivity contribution in [2.24, 2.45) is 0 Å². The zero-order valence-corrected chi connectivity index (χ0v) is 15.9. The summed E-state index contributed by atoms with van der Waals surface area (Å²) in [5, 5.41) is 12.9. The first-order valence-electron chi connectivity index (χ1n) is 8.30. The van der Waals surface area contributed by atoms with Crippen molar-refractivity contribution in [2.75, 3.05) is 39.3 Å². The van der Waals surface area contributed by atoms with Crippen LogP contribution >= 0.6 is 24.8 Å². The number of β-amino-alcohol motifs (C(OH)–C–C–N with tert-alkyl or cyclic N) is 1. The Labute approximate surface area is 164 Å². The molecule has 5 nitrogen and oxygen atoms in total. The van der Waals surface area contributed by atoms with Crippen molar-refractivity contribution in [1.82, 2.24) is 15.1 Å². The summed E-state index contributed by atoms with van der Waals surface area (Å²) >= 11 is 0. The Bertz CT molecular complexity index is 572. The summed E-state index contributed by atoms with van der Waals surface area (Å²) in [5.41, 5.74) is 0.869. The number of benzene rings is 1. The molecule has 2 unspecified atom stereocenters. The normalized spacial score (nSPS) is 23.7. The smallest absolute Gasteiger partial charge is 0.262 e. The molecule has 2 aliphatic heterocycles. The fraction of sp³-hybridized carbons (Fsp3) is 0.588. The second-order valence-electron chi connectivity index (χ2n) is 6.55. The van der Waals surface area contributed by atoms with Gasteiger partial charge >= 0.3 is 0 Å². The van der Waals surface area contributed by atoms with Gasteiger partial charge in [-0.25, -0.2) is 8.78 Å². The third-order valence-electron chi connectivity index (χ3n) is 4.71. The van der Waals surface area contributed by atoms with E-state index in [1.54, 1.807) is 4.90 Å². The van der Waals surface area contributed by atoms with E-state index in [2.05, 4.69) is 10.2 Å².